The van der Waals surface area contributed by atoms with Crippen LogP contribution in [0.1, 0.15) is 40.0 Å². The molecule has 0 spiro atoms. The smallest absolute Gasteiger partial charge is 0.333 e. The molecule has 0 aromatic rings. The van der Waals surface area contributed by atoms with Crippen molar-refractivity contribution < 1.29 is 39.5 Å². The summed E-state index contributed by atoms with van der Waals surface area (Å²) in [6.07, 6.45) is -6.70. The SMILES string of the molecule is CCC[C@H](C)[C@@]1(CC)C(=O)NC(=O)N([C@@H]2O[C@H](CO)[C@@H](O)[C@H](O)[C@H]2O)C1=O. The van der Waals surface area contributed by atoms with Crippen LogP contribution in [0.3, 0.4) is 0 Å². The second kappa shape index (κ2) is 8.19. The number of rotatable bonds is 6. The molecule has 0 radical (unpaired) electrons. The van der Waals surface area contributed by atoms with Gasteiger partial charge in [-0.1, -0.05) is 27.2 Å². The maximum absolute atomic E-state index is 13.3. The molecule has 5 N–H and O–H groups in total. The van der Waals surface area contributed by atoms with Gasteiger partial charge >= 0.3 is 6.03 Å². The van der Waals surface area contributed by atoms with Gasteiger partial charge in [-0.2, -0.15) is 0 Å². The molecule has 7 atom stereocenters. The molecular formula is C17H28N2O8. The molecule has 4 amide bonds. The van der Waals surface area contributed by atoms with Gasteiger partial charge in [-0.15, -0.1) is 0 Å². The molecule has 0 bridgehead atoms. The lowest BCUT2D eigenvalue weighted by molar-refractivity contribution is -0.258. The summed E-state index contributed by atoms with van der Waals surface area (Å²) in [5.74, 6) is -1.92. The van der Waals surface area contributed by atoms with Crippen molar-refractivity contribution in [3.05, 3.63) is 0 Å². The van der Waals surface area contributed by atoms with Gasteiger partial charge in [0.15, 0.2) is 6.23 Å². The van der Waals surface area contributed by atoms with Crippen LogP contribution in [0.25, 0.3) is 0 Å². The molecule has 154 valence electrons. The third-order valence-corrected chi connectivity index (χ3v) is 5.69. The van der Waals surface area contributed by atoms with E-state index in [9.17, 15) is 34.8 Å². The number of amides is 4. The third-order valence-electron chi connectivity index (χ3n) is 5.69. The summed E-state index contributed by atoms with van der Waals surface area (Å²) in [5.41, 5.74) is -1.53. The highest BCUT2D eigenvalue weighted by Crippen LogP contribution is 2.40. The number of aliphatic hydroxyl groups is 4. The zero-order chi connectivity index (χ0) is 20.5. The number of nitrogens with one attached hydrogen (secondary N) is 1. The van der Waals surface area contributed by atoms with Gasteiger partial charge in [0.05, 0.1) is 6.61 Å². The van der Waals surface area contributed by atoms with E-state index in [-0.39, 0.29) is 12.3 Å². The Kier molecular flexibility index (Phi) is 6.59. The van der Waals surface area contributed by atoms with E-state index in [1.165, 1.54) is 0 Å². The Balaban J connectivity index is 2.44. The number of nitrogens with zero attached hydrogens (tertiary/aromatic N) is 1. The number of aliphatic hydroxyl groups excluding tert-OH is 4. The van der Waals surface area contributed by atoms with Gasteiger partial charge in [0.1, 0.15) is 29.8 Å². The average molecular weight is 388 g/mol. The summed E-state index contributed by atoms with van der Waals surface area (Å²) >= 11 is 0. The molecule has 10 nitrogen and oxygen atoms in total. The van der Waals surface area contributed by atoms with Crippen LogP contribution in [0, 0.1) is 11.3 Å². The molecule has 2 saturated heterocycles. The quantitative estimate of drug-likeness (QED) is 0.351. The number of hydrogen-bond acceptors (Lipinski definition) is 8. The Hall–Kier alpha value is -1.59. The zero-order valence-corrected chi connectivity index (χ0v) is 15.7. The molecule has 27 heavy (non-hydrogen) atoms. The molecule has 2 fully saturated rings. The van der Waals surface area contributed by atoms with Crippen molar-refractivity contribution in [1.82, 2.24) is 10.2 Å². The second-order valence-electron chi connectivity index (χ2n) is 7.17. The number of imide groups is 2. The third kappa shape index (κ3) is 3.36. The van der Waals surface area contributed by atoms with Crippen molar-refractivity contribution >= 4 is 17.8 Å². The molecular weight excluding hydrogens is 360 g/mol. The van der Waals surface area contributed by atoms with E-state index in [2.05, 4.69) is 5.32 Å². The lowest BCUT2D eigenvalue weighted by Crippen LogP contribution is -2.72. The minimum absolute atomic E-state index is 0.125. The number of hydrogen-bond donors (Lipinski definition) is 5. The first-order chi connectivity index (χ1) is 12.7. The Morgan fingerprint density at radius 2 is 1.78 bits per heavy atom. The van der Waals surface area contributed by atoms with Crippen LogP contribution in [0.2, 0.25) is 0 Å². The van der Waals surface area contributed by atoms with Gasteiger partial charge < -0.3 is 25.2 Å². The van der Waals surface area contributed by atoms with Crippen LogP contribution < -0.4 is 5.32 Å². The van der Waals surface area contributed by atoms with Gasteiger partial charge in [0, 0.05) is 0 Å². The fraction of sp³-hybridized carbons (Fsp3) is 0.824. The predicted molar refractivity (Wildman–Crippen MR) is 90.9 cm³/mol. The summed E-state index contributed by atoms with van der Waals surface area (Å²) in [6, 6.07) is -1.08. The van der Waals surface area contributed by atoms with Crippen molar-refractivity contribution in [3.8, 4) is 0 Å². The molecule has 0 saturated carbocycles. The Bertz CT molecular complexity index is 597. The second-order valence-corrected chi connectivity index (χ2v) is 7.17. The summed E-state index contributed by atoms with van der Waals surface area (Å²) in [5, 5.41) is 41.6. The van der Waals surface area contributed by atoms with Crippen molar-refractivity contribution in [1.29, 1.82) is 0 Å². The number of barbiturate groups is 1. The van der Waals surface area contributed by atoms with Crippen LogP contribution in [0.4, 0.5) is 4.79 Å². The van der Waals surface area contributed by atoms with E-state index >= 15 is 0 Å². The highest BCUT2D eigenvalue weighted by molar-refractivity contribution is 6.19. The maximum atomic E-state index is 13.3. The molecule has 0 aromatic carbocycles. The molecule has 2 heterocycles. The summed E-state index contributed by atoms with van der Waals surface area (Å²) < 4.78 is 5.35. The molecule has 2 aliphatic heterocycles. The number of carbonyl (C=O) groups excluding carboxylic acids is 3. The van der Waals surface area contributed by atoms with E-state index in [1.54, 1.807) is 13.8 Å². The predicted octanol–water partition coefficient (Wildman–Crippen LogP) is -1.30. The molecule has 0 aliphatic carbocycles. The van der Waals surface area contributed by atoms with Crippen LogP contribution in [-0.2, 0) is 14.3 Å². The summed E-state index contributed by atoms with van der Waals surface area (Å²) in [4.78, 5) is 38.9. The minimum Gasteiger partial charge on any atom is -0.394 e. The van der Waals surface area contributed by atoms with Crippen LogP contribution in [-0.4, -0.2) is 80.4 Å². The van der Waals surface area contributed by atoms with Crippen LogP contribution >= 0.6 is 0 Å². The van der Waals surface area contributed by atoms with Crippen molar-refractivity contribution in [3.63, 3.8) is 0 Å². The molecule has 0 aromatic heterocycles. The average Bonchev–Trinajstić information content (AvgIpc) is 2.62. The van der Waals surface area contributed by atoms with Crippen LogP contribution in [0.15, 0.2) is 0 Å². The number of ether oxygens (including phenoxy) is 1. The largest absolute Gasteiger partial charge is 0.394 e. The summed E-state index contributed by atoms with van der Waals surface area (Å²) in [7, 11) is 0. The number of carbonyl (C=O) groups is 3. The molecule has 0 unspecified atom stereocenters. The van der Waals surface area contributed by atoms with Crippen molar-refractivity contribution in [2.24, 2.45) is 11.3 Å². The van der Waals surface area contributed by atoms with Gasteiger partial charge in [-0.25, -0.2) is 9.69 Å². The fourth-order valence-electron chi connectivity index (χ4n) is 3.97. The Morgan fingerprint density at radius 3 is 2.30 bits per heavy atom. The monoisotopic (exact) mass is 388 g/mol. The Labute approximate surface area is 157 Å². The molecule has 2 rings (SSSR count). The van der Waals surface area contributed by atoms with E-state index < -0.39 is 60.5 Å². The van der Waals surface area contributed by atoms with Gasteiger partial charge in [0.25, 0.3) is 0 Å². The normalized spacial score (nSPS) is 38.7. The first-order valence-electron chi connectivity index (χ1n) is 9.16. The van der Waals surface area contributed by atoms with Gasteiger partial charge in [0.2, 0.25) is 11.8 Å². The fourth-order valence-corrected chi connectivity index (χ4v) is 3.97. The topological polar surface area (TPSA) is 157 Å². The summed E-state index contributed by atoms with van der Waals surface area (Å²) in [6.45, 7) is 4.61. The standard InChI is InChI=1S/C17H28N2O8/c1-4-6-8(3)17(5-2)14(24)18-16(26)19(15(17)25)13-12(23)11(22)10(21)9(7-20)27-13/h8-13,20-23H,4-7H2,1-3H3,(H,18,24,26)/t8-,9+,10+,11-,12+,13+,17-/m0/s1. The maximum Gasteiger partial charge on any atom is 0.333 e. The van der Waals surface area contributed by atoms with Crippen molar-refractivity contribution in [2.45, 2.75) is 70.7 Å². The first-order valence-corrected chi connectivity index (χ1v) is 9.16. The van der Waals surface area contributed by atoms with Crippen molar-refractivity contribution in [2.75, 3.05) is 6.61 Å². The van der Waals surface area contributed by atoms with E-state index in [1.807, 2.05) is 6.92 Å². The lowest BCUT2D eigenvalue weighted by Gasteiger charge is -2.48. The zero-order valence-electron chi connectivity index (χ0n) is 15.7. The van der Waals surface area contributed by atoms with Gasteiger partial charge in [-0.3, -0.25) is 14.9 Å². The lowest BCUT2D eigenvalue weighted by atomic mass is 9.69. The first kappa shape index (κ1) is 21.7. The van der Waals surface area contributed by atoms with Gasteiger partial charge in [-0.05, 0) is 18.8 Å². The number of urea groups is 1. The van der Waals surface area contributed by atoms with E-state index in [4.69, 9.17) is 4.74 Å². The van der Waals surface area contributed by atoms with E-state index in [0.29, 0.717) is 11.3 Å². The minimum atomic E-state index is -1.80. The Morgan fingerprint density at radius 1 is 1.15 bits per heavy atom. The highest BCUT2D eigenvalue weighted by Gasteiger charge is 2.59. The van der Waals surface area contributed by atoms with E-state index in [0.717, 1.165) is 6.42 Å². The molecule has 2 aliphatic rings. The van der Waals surface area contributed by atoms with Crippen LogP contribution in [0.5, 0.6) is 0 Å². The highest BCUT2D eigenvalue weighted by atomic mass is 16.6. The molecule has 10 heteroatoms.